The topological polar surface area (TPSA) is 59.5 Å². The van der Waals surface area contributed by atoms with Crippen molar-refractivity contribution in [3.05, 3.63) is 28.6 Å². The number of ether oxygens (including phenoxy) is 1. The molecule has 1 aliphatic heterocycles. The fourth-order valence-corrected chi connectivity index (χ4v) is 4.67. The number of likely N-dealkylation sites (tertiary alicyclic amines) is 1. The van der Waals surface area contributed by atoms with Gasteiger partial charge in [0.1, 0.15) is 5.01 Å². The van der Waals surface area contributed by atoms with Crippen molar-refractivity contribution in [3.63, 3.8) is 0 Å². The van der Waals surface area contributed by atoms with Crippen LogP contribution in [0.25, 0.3) is 9.88 Å². The van der Waals surface area contributed by atoms with Crippen molar-refractivity contribution in [3.8, 4) is 9.88 Å². The summed E-state index contributed by atoms with van der Waals surface area (Å²) in [5.74, 6) is -0.670. The highest BCUT2D eigenvalue weighted by Gasteiger charge is 2.29. The van der Waals surface area contributed by atoms with Crippen LogP contribution in [-0.2, 0) is 9.53 Å². The van der Waals surface area contributed by atoms with Gasteiger partial charge in [-0.3, -0.25) is 4.79 Å². The SMILES string of the molecule is C[C@H]1CCC[C@H](C)N1C(=O)COC(=O)c1csc(-c2cccs2)n1. The zero-order valence-corrected chi connectivity index (χ0v) is 15.4. The third kappa shape index (κ3) is 3.67. The van der Waals surface area contributed by atoms with E-state index in [0.717, 1.165) is 29.1 Å². The Hall–Kier alpha value is -1.73. The third-order valence-corrected chi connectivity index (χ3v) is 6.13. The number of esters is 1. The van der Waals surface area contributed by atoms with Crippen molar-refractivity contribution in [2.24, 2.45) is 0 Å². The van der Waals surface area contributed by atoms with Gasteiger partial charge in [0.2, 0.25) is 0 Å². The van der Waals surface area contributed by atoms with Crippen LogP contribution in [0.2, 0.25) is 0 Å². The molecular formula is C17H20N2O3S2. The van der Waals surface area contributed by atoms with Crippen molar-refractivity contribution in [2.45, 2.75) is 45.2 Å². The van der Waals surface area contributed by atoms with Gasteiger partial charge in [-0.2, -0.15) is 0 Å². The fourth-order valence-electron chi connectivity index (χ4n) is 3.07. The molecule has 2 atom stereocenters. The van der Waals surface area contributed by atoms with E-state index in [0.29, 0.717) is 0 Å². The van der Waals surface area contributed by atoms with E-state index in [9.17, 15) is 9.59 Å². The predicted octanol–water partition coefficient (Wildman–Crippen LogP) is 3.82. The Kier molecular flexibility index (Phi) is 5.30. The highest BCUT2D eigenvalue weighted by atomic mass is 32.1. The molecule has 1 saturated heterocycles. The number of amides is 1. The standard InChI is InChI=1S/C17H20N2O3S2/c1-11-5-3-6-12(2)19(11)15(20)9-22-17(21)13-10-24-16(18-13)14-7-4-8-23-14/h4,7-8,10-12H,3,5-6,9H2,1-2H3/t11-,12-/m0/s1. The first-order chi connectivity index (χ1) is 11.6. The minimum absolute atomic E-state index is 0.128. The summed E-state index contributed by atoms with van der Waals surface area (Å²) < 4.78 is 5.19. The molecule has 2 aromatic heterocycles. The smallest absolute Gasteiger partial charge is 0.358 e. The summed E-state index contributed by atoms with van der Waals surface area (Å²) in [6.07, 6.45) is 3.14. The van der Waals surface area contributed by atoms with E-state index in [1.807, 2.05) is 36.3 Å². The molecule has 0 saturated carbocycles. The molecule has 2 aromatic rings. The summed E-state index contributed by atoms with van der Waals surface area (Å²) in [6, 6.07) is 4.30. The quantitative estimate of drug-likeness (QED) is 0.774. The van der Waals surface area contributed by atoms with Gasteiger partial charge in [-0.1, -0.05) is 6.07 Å². The first-order valence-electron chi connectivity index (χ1n) is 8.04. The lowest BCUT2D eigenvalue weighted by Gasteiger charge is -2.38. The first kappa shape index (κ1) is 17.1. The van der Waals surface area contributed by atoms with E-state index < -0.39 is 5.97 Å². The molecule has 128 valence electrons. The highest BCUT2D eigenvalue weighted by molar-refractivity contribution is 7.20. The van der Waals surface area contributed by atoms with E-state index in [4.69, 9.17) is 4.74 Å². The second-order valence-corrected chi connectivity index (χ2v) is 7.83. The molecule has 0 radical (unpaired) electrons. The lowest BCUT2D eigenvalue weighted by Crippen LogP contribution is -2.49. The number of aromatic nitrogens is 1. The Morgan fingerprint density at radius 1 is 1.29 bits per heavy atom. The molecule has 0 spiro atoms. The van der Waals surface area contributed by atoms with E-state index in [1.54, 1.807) is 16.7 Å². The molecule has 1 amide bonds. The number of hydrogen-bond donors (Lipinski definition) is 0. The maximum Gasteiger partial charge on any atom is 0.358 e. The van der Waals surface area contributed by atoms with E-state index >= 15 is 0 Å². The molecule has 0 aliphatic carbocycles. The largest absolute Gasteiger partial charge is 0.451 e. The maximum atomic E-state index is 12.4. The van der Waals surface area contributed by atoms with E-state index in [2.05, 4.69) is 4.98 Å². The molecule has 0 unspecified atom stereocenters. The Bertz CT molecular complexity index is 701. The number of hydrogen-bond acceptors (Lipinski definition) is 6. The average Bonchev–Trinajstić information content (AvgIpc) is 3.23. The van der Waals surface area contributed by atoms with Crippen molar-refractivity contribution < 1.29 is 14.3 Å². The van der Waals surface area contributed by atoms with Gasteiger partial charge in [-0.05, 0) is 44.6 Å². The monoisotopic (exact) mass is 364 g/mol. The minimum Gasteiger partial charge on any atom is -0.451 e. The van der Waals surface area contributed by atoms with Crippen molar-refractivity contribution in [1.29, 1.82) is 0 Å². The molecule has 1 fully saturated rings. The van der Waals surface area contributed by atoms with Crippen molar-refractivity contribution in [2.75, 3.05) is 6.61 Å². The number of thiazole rings is 1. The Labute approximate surface area is 149 Å². The molecule has 7 heteroatoms. The predicted molar refractivity (Wildman–Crippen MR) is 95.3 cm³/mol. The molecule has 24 heavy (non-hydrogen) atoms. The number of carbonyl (C=O) groups excluding carboxylic acids is 2. The molecule has 0 bridgehead atoms. The Balaban J connectivity index is 1.58. The van der Waals surface area contributed by atoms with Crippen molar-refractivity contribution in [1.82, 2.24) is 9.88 Å². The van der Waals surface area contributed by atoms with Gasteiger partial charge in [0, 0.05) is 17.5 Å². The Morgan fingerprint density at radius 3 is 2.71 bits per heavy atom. The number of thiophene rings is 1. The number of carbonyl (C=O) groups is 2. The van der Waals surface area contributed by atoms with Crippen LogP contribution in [0, 0.1) is 0 Å². The number of piperidine rings is 1. The summed E-state index contributed by atoms with van der Waals surface area (Å²) in [6.45, 7) is 3.87. The average molecular weight is 364 g/mol. The van der Waals surface area contributed by atoms with Gasteiger partial charge < -0.3 is 9.64 Å². The summed E-state index contributed by atoms with van der Waals surface area (Å²) in [5.41, 5.74) is 0.260. The summed E-state index contributed by atoms with van der Waals surface area (Å²) in [4.78, 5) is 31.7. The lowest BCUT2D eigenvalue weighted by molar-refractivity contribution is -0.140. The molecule has 1 aliphatic rings. The van der Waals surface area contributed by atoms with Crippen molar-refractivity contribution >= 4 is 34.6 Å². The number of nitrogens with zero attached hydrogens (tertiary/aromatic N) is 2. The maximum absolute atomic E-state index is 12.4. The zero-order chi connectivity index (χ0) is 17.1. The molecule has 0 aromatic carbocycles. The lowest BCUT2D eigenvalue weighted by atomic mass is 9.97. The van der Waals surface area contributed by atoms with Gasteiger partial charge in [-0.15, -0.1) is 22.7 Å². The van der Waals surface area contributed by atoms with Crippen LogP contribution in [0.15, 0.2) is 22.9 Å². The van der Waals surface area contributed by atoms with Gasteiger partial charge in [-0.25, -0.2) is 9.78 Å². The van der Waals surface area contributed by atoms with Crippen LogP contribution in [0.3, 0.4) is 0 Å². The van der Waals surface area contributed by atoms with Gasteiger partial charge in [0.05, 0.1) is 4.88 Å². The van der Waals surface area contributed by atoms with Crippen LogP contribution in [0.1, 0.15) is 43.6 Å². The fraction of sp³-hybridized carbons (Fsp3) is 0.471. The van der Waals surface area contributed by atoms with Crippen LogP contribution in [-0.4, -0.2) is 40.5 Å². The van der Waals surface area contributed by atoms with Crippen LogP contribution >= 0.6 is 22.7 Å². The molecule has 3 rings (SSSR count). The normalized spacial score (nSPS) is 20.8. The van der Waals surface area contributed by atoms with Crippen LogP contribution < -0.4 is 0 Å². The van der Waals surface area contributed by atoms with Gasteiger partial charge in [0.15, 0.2) is 12.3 Å². The Morgan fingerprint density at radius 2 is 2.04 bits per heavy atom. The van der Waals surface area contributed by atoms with E-state index in [-0.39, 0.29) is 30.3 Å². The highest BCUT2D eigenvalue weighted by Crippen LogP contribution is 2.28. The second-order valence-electron chi connectivity index (χ2n) is 6.02. The third-order valence-electron chi connectivity index (χ3n) is 4.25. The van der Waals surface area contributed by atoms with E-state index in [1.165, 1.54) is 11.3 Å². The van der Waals surface area contributed by atoms with Crippen LogP contribution in [0.5, 0.6) is 0 Å². The molecule has 0 N–H and O–H groups in total. The minimum atomic E-state index is -0.542. The second kappa shape index (κ2) is 7.44. The zero-order valence-electron chi connectivity index (χ0n) is 13.7. The summed E-state index contributed by atoms with van der Waals surface area (Å²) in [5, 5.41) is 4.43. The molecule has 5 nitrogen and oxygen atoms in total. The first-order valence-corrected chi connectivity index (χ1v) is 9.80. The molecule has 3 heterocycles. The van der Waals surface area contributed by atoms with Gasteiger partial charge in [0.25, 0.3) is 5.91 Å². The molecular weight excluding hydrogens is 344 g/mol. The van der Waals surface area contributed by atoms with Gasteiger partial charge >= 0.3 is 5.97 Å². The van der Waals surface area contributed by atoms with Crippen LogP contribution in [0.4, 0.5) is 0 Å². The summed E-state index contributed by atoms with van der Waals surface area (Å²) >= 11 is 2.98. The summed E-state index contributed by atoms with van der Waals surface area (Å²) in [7, 11) is 0. The number of rotatable bonds is 4.